The number of rotatable bonds is 10. The van der Waals surface area contributed by atoms with E-state index in [2.05, 4.69) is 15.4 Å². The molecule has 9 nitrogen and oxygen atoms in total. The molecule has 2 rings (SSSR count). The van der Waals surface area contributed by atoms with Crippen LogP contribution in [0.1, 0.15) is 19.4 Å². The molecule has 0 saturated carbocycles. The minimum Gasteiger partial charge on any atom is -0.497 e. The van der Waals surface area contributed by atoms with Gasteiger partial charge in [0.15, 0.2) is 0 Å². The zero-order valence-corrected chi connectivity index (χ0v) is 18.7. The lowest BCUT2D eigenvalue weighted by Crippen LogP contribution is -2.45. The summed E-state index contributed by atoms with van der Waals surface area (Å²) in [6.45, 7) is 3.11. The Labute approximate surface area is 182 Å². The first-order valence-corrected chi connectivity index (χ1v) is 11.0. The van der Waals surface area contributed by atoms with Gasteiger partial charge in [0.05, 0.1) is 25.2 Å². The van der Waals surface area contributed by atoms with Gasteiger partial charge in [0.2, 0.25) is 21.8 Å². The lowest BCUT2D eigenvalue weighted by Gasteiger charge is -2.15. The van der Waals surface area contributed by atoms with Crippen LogP contribution in [0.5, 0.6) is 11.5 Å². The Balaban J connectivity index is 1.94. The first kappa shape index (κ1) is 24.2. The van der Waals surface area contributed by atoms with Gasteiger partial charge >= 0.3 is 0 Å². The Bertz CT molecular complexity index is 1020. The van der Waals surface area contributed by atoms with Crippen molar-refractivity contribution in [2.24, 2.45) is 0 Å². The fourth-order valence-corrected chi connectivity index (χ4v) is 4.03. The lowest BCUT2D eigenvalue weighted by atomic mass is 10.1. The van der Waals surface area contributed by atoms with Gasteiger partial charge < -0.3 is 20.1 Å². The van der Waals surface area contributed by atoms with E-state index in [1.54, 1.807) is 26.4 Å². The molecule has 0 spiro atoms. The number of sulfonamides is 1. The number of methoxy groups -OCH3 is 2. The average molecular weight is 450 g/mol. The molecule has 0 unspecified atom stereocenters. The van der Waals surface area contributed by atoms with Crippen molar-refractivity contribution < 1.29 is 27.5 Å². The third-order valence-corrected chi connectivity index (χ3v) is 5.95. The largest absolute Gasteiger partial charge is 0.497 e. The van der Waals surface area contributed by atoms with Gasteiger partial charge in [-0.05, 0) is 61.4 Å². The summed E-state index contributed by atoms with van der Waals surface area (Å²) in [5.74, 6) is 0.630. The van der Waals surface area contributed by atoms with Crippen LogP contribution >= 0.6 is 0 Å². The highest BCUT2D eigenvalue weighted by molar-refractivity contribution is 7.89. The fraction of sp³-hybridized carbons (Fsp3) is 0.333. The molecule has 0 fully saturated rings. The van der Waals surface area contributed by atoms with Crippen molar-refractivity contribution in [2.75, 3.05) is 26.1 Å². The third kappa shape index (κ3) is 6.97. The molecular weight excluding hydrogens is 422 g/mol. The van der Waals surface area contributed by atoms with E-state index in [0.717, 1.165) is 5.56 Å². The van der Waals surface area contributed by atoms with E-state index in [1.165, 1.54) is 38.1 Å². The number of hydrogen-bond acceptors (Lipinski definition) is 6. The van der Waals surface area contributed by atoms with Gasteiger partial charge in [-0.25, -0.2) is 8.42 Å². The molecule has 0 aliphatic rings. The van der Waals surface area contributed by atoms with Crippen molar-refractivity contribution >= 4 is 27.5 Å². The van der Waals surface area contributed by atoms with Gasteiger partial charge in [-0.15, -0.1) is 0 Å². The molecule has 0 bridgehead atoms. The fourth-order valence-electron chi connectivity index (χ4n) is 2.83. The molecule has 0 saturated heterocycles. The monoisotopic (exact) mass is 449 g/mol. The van der Waals surface area contributed by atoms with Crippen LogP contribution in [0.15, 0.2) is 47.4 Å². The Kier molecular flexibility index (Phi) is 8.40. The van der Waals surface area contributed by atoms with E-state index in [-0.39, 0.29) is 10.8 Å². The van der Waals surface area contributed by atoms with Gasteiger partial charge in [-0.2, -0.15) is 4.72 Å². The average Bonchev–Trinajstić information content (AvgIpc) is 2.73. The Hall–Kier alpha value is -3.11. The Morgan fingerprint density at radius 2 is 1.71 bits per heavy atom. The predicted octanol–water partition coefficient (Wildman–Crippen LogP) is 1.69. The smallest absolute Gasteiger partial charge is 0.241 e. The Morgan fingerprint density at radius 1 is 1.03 bits per heavy atom. The van der Waals surface area contributed by atoms with Crippen LogP contribution in [0.2, 0.25) is 0 Å². The van der Waals surface area contributed by atoms with Crippen LogP contribution in [0.25, 0.3) is 0 Å². The van der Waals surface area contributed by atoms with Crippen molar-refractivity contribution in [1.82, 2.24) is 10.0 Å². The third-order valence-electron chi connectivity index (χ3n) is 4.39. The lowest BCUT2D eigenvalue weighted by molar-refractivity contribution is -0.122. The number of carbonyl (C=O) groups is 2. The normalized spacial score (nSPS) is 12.0. The maximum absolute atomic E-state index is 12.5. The van der Waals surface area contributed by atoms with E-state index in [9.17, 15) is 18.0 Å². The highest BCUT2D eigenvalue weighted by Gasteiger charge is 2.22. The van der Waals surface area contributed by atoms with Crippen molar-refractivity contribution in [2.45, 2.75) is 31.2 Å². The van der Waals surface area contributed by atoms with Crippen molar-refractivity contribution in [3.05, 3.63) is 48.0 Å². The Morgan fingerprint density at radius 3 is 2.29 bits per heavy atom. The first-order chi connectivity index (χ1) is 14.7. The molecule has 2 aromatic carbocycles. The molecule has 0 aliphatic carbocycles. The van der Waals surface area contributed by atoms with Gasteiger partial charge in [0.1, 0.15) is 11.5 Å². The topological polar surface area (TPSA) is 123 Å². The zero-order valence-electron chi connectivity index (χ0n) is 17.9. The number of ether oxygens (including phenoxy) is 2. The zero-order chi connectivity index (χ0) is 23.0. The summed E-state index contributed by atoms with van der Waals surface area (Å²) in [5, 5.41) is 5.27. The van der Waals surface area contributed by atoms with Crippen LogP contribution in [-0.4, -0.2) is 47.0 Å². The molecule has 0 aromatic heterocycles. The molecule has 10 heteroatoms. The summed E-state index contributed by atoms with van der Waals surface area (Å²) < 4.78 is 37.9. The number of nitrogens with one attached hydrogen (secondary N) is 3. The van der Waals surface area contributed by atoms with Crippen molar-refractivity contribution in [3.8, 4) is 11.5 Å². The van der Waals surface area contributed by atoms with Crippen molar-refractivity contribution in [1.29, 1.82) is 0 Å². The summed E-state index contributed by atoms with van der Waals surface area (Å²) in [6.07, 6.45) is 0.482. The summed E-state index contributed by atoms with van der Waals surface area (Å²) >= 11 is 0. The predicted molar refractivity (Wildman–Crippen MR) is 117 cm³/mol. The number of benzene rings is 2. The van der Waals surface area contributed by atoms with Gasteiger partial charge in [0.25, 0.3) is 0 Å². The van der Waals surface area contributed by atoms with Crippen LogP contribution < -0.4 is 24.8 Å². The molecule has 0 radical (unpaired) electrons. The number of amides is 2. The highest BCUT2D eigenvalue weighted by atomic mass is 32.2. The molecule has 168 valence electrons. The number of anilines is 1. The SMILES string of the molecule is COc1ccc(OC)c(CCNC(=O)[C@H](C)NS(=O)(=O)c2ccc(NC(C)=O)cc2)c1. The molecule has 0 aliphatic heterocycles. The molecule has 31 heavy (non-hydrogen) atoms. The minimum absolute atomic E-state index is 0.0117. The molecule has 2 amide bonds. The maximum Gasteiger partial charge on any atom is 0.241 e. The van der Waals surface area contributed by atoms with E-state index in [4.69, 9.17) is 9.47 Å². The first-order valence-electron chi connectivity index (χ1n) is 9.55. The highest BCUT2D eigenvalue weighted by Crippen LogP contribution is 2.24. The second-order valence-electron chi connectivity index (χ2n) is 6.77. The van der Waals surface area contributed by atoms with Crippen molar-refractivity contribution in [3.63, 3.8) is 0 Å². The van der Waals surface area contributed by atoms with Crippen LogP contribution in [0.3, 0.4) is 0 Å². The second kappa shape index (κ2) is 10.8. The quantitative estimate of drug-likeness (QED) is 0.507. The summed E-state index contributed by atoms with van der Waals surface area (Å²) in [5.41, 5.74) is 1.33. The molecule has 1 atom stereocenters. The van der Waals surface area contributed by atoms with Gasteiger partial charge in [-0.3, -0.25) is 9.59 Å². The minimum atomic E-state index is -3.91. The van der Waals surface area contributed by atoms with Gasteiger partial charge in [0, 0.05) is 19.2 Å². The second-order valence-corrected chi connectivity index (χ2v) is 8.48. The summed E-state index contributed by atoms with van der Waals surface area (Å²) in [4.78, 5) is 23.4. The molecule has 2 aromatic rings. The standard InChI is InChI=1S/C21H27N3O6S/c1-14(24-31(27,28)19-8-5-17(6-9-19)23-15(2)25)21(26)22-12-11-16-13-18(29-3)7-10-20(16)30-4/h5-10,13-14,24H,11-12H2,1-4H3,(H,22,26)(H,23,25)/t14-/m0/s1. The number of hydrogen-bond donors (Lipinski definition) is 3. The van der Waals surface area contributed by atoms with Crippen LogP contribution in [0.4, 0.5) is 5.69 Å². The summed E-state index contributed by atoms with van der Waals surface area (Å²) in [6, 6.07) is 10.1. The van der Waals surface area contributed by atoms with Crippen LogP contribution in [0, 0.1) is 0 Å². The van der Waals surface area contributed by atoms with Gasteiger partial charge in [-0.1, -0.05) is 0 Å². The van der Waals surface area contributed by atoms with E-state index < -0.39 is 22.0 Å². The summed E-state index contributed by atoms with van der Waals surface area (Å²) in [7, 11) is -0.784. The molecule has 3 N–H and O–H groups in total. The van der Waals surface area contributed by atoms with E-state index in [1.807, 2.05) is 6.07 Å². The number of carbonyl (C=O) groups excluding carboxylic acids is 2. The van der Waals surface area contributed by atoms with E-state index in [0.29, 0.717) is 30.2 Å². The maximum atomic E-state index is 12.5. The molecular formula is C21H27N3O6S. The van der Waals surface area contributed by atoms with Crippen LogP contribution in [-0.2, 0) is 26.0 Å². The van der Waals surface area contributed by atoms with E-state index >= 15 is 0 Å². The molecule has 0 heterocycles.